The van der Waals surface area contributed by atoms with E-state index in [2.05, 4.69) is 10.6 Å². The van der Waals surface area contributed by atoms with Crippen molar-refractivity contribution < 1.29 is 23.7 Å². The number of rotatable bonds is 8. The summed E-state index contributed by atoms with van der Waals surface area (Å²) in [5.74, 6) is -2.78. The molecule has 0 radical (unpaired) electrons. The molecule has 3 N–H and O–H groups in total. The van der Waals surface area contributed by atoms with Gasteiger partial charge in [-0.1, -0.05) is 6.92 Å². The molecule has 0 rings (SSSR count). The Balaban J connectivity index is 4.43. The molecule has 0 heterocycles. The summed E-state index contributed by atoms with van der Waals surface area (Å²) < 4.78 is 11.8. The second kappa shape index (κ2) is 7.98. The first-order valence-electron chi connectivity index (χ1n) is 6.23. The van der Waals surface area contributed by atoms with Crippen molar-refractivity contribution >= 4 is 28.6 Å². The lowest BCUT2D eigenvalue weighted by Gasteiger charge is -2.24. The minimum absolute atomic E-state index is 0.285. The first-order valence-corrected chi connectivity index (χ1v) is 7.72. The fraction of sp³-hybridized carbons (Fsp3) is 0.750. The zero-order valence-electron chi connectivity index (χ0n) is 12.2. The number of amides is 2. The van der Waals surface area contributed by atoms with Crippen LogP contribution in [0.4, 0.5) is 0 Å². The molecule has 0 aliphatic carbocycles. The van der Waals surface area contributed by atoms with Crippen LogP contribution in [0.3, 0.4) is 0 Å². The van der Waals surface area contributed by atoms with Crippen LogP contribution in [0.2, 0.25) is 0 Å². The van der Waals surface area contributed by atoms with Crippen LogP contribution < -0.4 is 10.6 Å². The van der Waals surface area contributed by atoms with E-state index < -0.39 is 40.2 Å². The largest absolute Gasteiger partial charge is 0.480 e. The van der Waals surface area contributed by atoms with Gasteiger partial charge in [-0.2, -0.15) is 0 Å². The second-order valence-electron chi connectivity index (χ2n) is 5.13. The smallest absolute Gasteiger partial charge is 0.327 e. The van der Waals surface area contributed by atoms with Crippen LogP contribution in [0, 0.1) is 0 Å². The number of hydrogen-bond donors (Lipinski definition) is 3. The zero-order valence-corrected chi connectivity index (χ0v) is 13.0. The molecule has 0 fully saturated rings. The number of carbonyl (C=O) groups is 3. The summed E-state index contributed by atoms with van der Waals surface area (Å²) in [6.07, 6.45) is 0.717. The molecule has 0 saturated heterocycles. The SMILES string of the molecule is CCC(C)(C)NC(=O)CS(=O)CC(NC(C)=O)C(=O)O. The number of carboxylic acids is 1. The van der Waals surface area contributed by atoms with Crippen molar-refractivity contribution in [1.82, 2.24) is 10.6 Å². The highest BCUT2D eigenvalue weighted by atomic mass is 32.2. The fourth-order valence-corrected chi connectivity index (χ4v) is 2.39. The van der Waals surface area contributed by atoms with Crippen molar-refractivity contribution in [2.45, 2.75) is 45.7 Å². The molecule has 0 bridgehead atoms. The number of nitrogens with one attached hydrogen (secondary N) is 2. The highest BCUT2D eigenvalue weighted by molar-refractivity contribution is 7.85. The van der Waals surface area contributed by atoms with Crippen LogP contribution in [-0.2, 0) is 25.2 Å². The molecule has 116 valence electrons. The Kier molecular flexibility index (Phi) is 7.41. The Morgan fingerprint density at radius 3 is 2.25 bits per heavy atom. The molecule has 0 aliphatic heterocycles. The molecule has 0 aromatic heterocycles. The molecule has 0 saturated carbocycles. The van der Waals surface area contributed by atoms with Crippen LogP contribution in [0.25, 0.3) is 0 Å². The molecule has 20 heavy (non-hydrogen) atoms. The van der Waals surface area contributed by atoms with Gasteiger partial charge in [-0.15, -0.1) is 0 Å². The number of aliphatic carboxylic acids is 1. The van der Waals surface area contributed by atoms with E-state index in [1.807, 2.05) is 20.8 Å². The van der Waals surface area contributed by atoms with E-state index in [4.69, 9.17) is 5.11 Å². The Labute approximate surface area is 121 Å². The lowest BCUT2D eigenvalue weighted by molar-refractivity contribution is -0.140. The van der Waals surface area contributed by atoms with E-state index >= 15 is 0 Å². The van der Waals surface area contributed by atoms with Gasteiger partial charge in [-0.05, 0) is 20.3 Å². The molecular formula is C12H22N2O5S. The summed E-state index contributed by atoms with van der Waals surface area (Å²) in [7, 11) is -1.66. The van der Waals surface area contributed by atoms with E-state index in [1.165, 1.54) is 6.92 Å². The first-order chi connectivity index (χ1) is 9.07. The van der Waals surface area contributed by atoms with Gasteiger partial charge < -0.3 is 15.7 Å². The van der Waals surface area contributed by atoms with Gasteiger partial charge in [0.15, 0.2) is 0 Å². The molecule has 8 heteroatoms. The molecule has 0 aromatic carbocycles. The fourth-order valence-electron chi connectivity index (χ4n) is 1.31. The summed E-state index contributed by atoms with van der Waals surface area (Å²) in [6, 6.07) is -1.25. The summed E-state index contributed by atoms with van der Waals surface area (Å²) in [5, 5.41) is 13.8. The number of hydrogen-bond acceptors (Lipinski definition) is 4. The van der Waals surface area contributed by atoms with Crippen LogP contribution in [-0.4, -0.2) is 50.2 Å². The lowest BCUT2D eigenvalue weighted by Crippen LogP contribution is -2.47. The Hall–Kier alpha value is -1.44. The Morgan fingerprint density at radius 2 is 1.85 bits per heavy atom. The van der Waals surface area contributed by atoms with E-state index in [1.54, 1.807) is 0 Å². The van der Waals surface area contributed by atoms with E-state index in [0.717, 1.165) is 6.42 Å². The number of carboxylic acid groups (broad SMARTS) is 1. The standard InChI is InChI=1S/C12H22N2O5S/c1-5-12(3,4)14-10(16)7-20(19)6-9(11(17)18)13-8(2)15/h9H,5-7H2,1-4H3,(H,13,15)(H,14,16)(H,17,18). The maximum atomic E-state index is 11.8. The van der Waals surface area contributed by atoms with E-state index in [9.17, 15) is 18.6 Å². The third kappa shape index (κ3) is 7.88. The van der Waals surface area contributed by atoms with Gasteiger partial charge in [0, 0.05) is 23.3 Å². The molecular weight excluding hydrogens is 284 g/mol. The topological polar surface area (TPSA) is 113 Å². The second-order valence-corrected chi connectivity index (χ2v) is 6.63. The van der Waals surface area contributed by atoms with Crippen molar-refractivity contribution in [1.29, 1.82) is 0 Å². The highest BCUT2D eigenvalue weighted by Gasteiger charge is 2.24. The molecule has 7 nitrogen and oxygen atoms in total. The first kappa shape index (κ1) is 18.6. The minimum atomic E-state index is -1.66. The van der Waals surface area contributed by atoms with E-state index in [0.29, 0.717) is 0 Å². The van der Waals surface area contributed by atoms with E-state index in [-0.39, 0.29) is 11.5 Å². The van der Waals surface area contributed by atoms with Gasteiger partial charge in [0.1, 0.15) is 11.8 Å². The van der Waals surface area contributed by atoms with Crippen molar-refractivity contribution in [2.24, 2.45) is 0 Å². The van der Waals surface area contributed by atoms with Gasteiger partial charge >= 0.3 is 5.97 Å². The maximum absolute atomic E-state index is 11.8. The van der Waals surface area contributed by atoms with Gasteiger partial charge in [0.25, 0.3) is 0 Å². The third-order valence-electron chi connectivity index (χ3n) is 2.68. The quantitative estimate of drug-likeness (QED) is 0.566. The van der Waals surface area contributed by atoms with Crippen LogP contribution >= 0.6 is 0 Å². The maximum Gasteiger partial charge on any atom is 0.327 e. The summed E-state index contributed by atoms with van der Waals surface area (Å²) >= 11 is 0. The van der Waals surface area contributed by atoms with Crippen LogP contribution in [0.5, 0.6) is 0 Å². The summed E-state index contributed by atoms with van der Waals surface area (Å²) in [4.78, 5) is 33.4. The minimum Gasteiger partial charge on any atom is -0.480 e. The molecule has 0 aromatic rings. The average Bonchev–Trinajstić information content (AvgIpc) is 2.26. The molecule has 2 unspecified atom stereocenters. The normalized spacial score (nSPS) is 14.2. The molecule has 2 amide bonds. The Morgan fingerprint density at radius 1 is 1.30 bits per heavy atom. The number of carbonyl (C=O) groups excluding carboxylic acids is 2. The van der Waals surface area contributed by atoms with Crippen LogP contribution in [0.1, 0.15) is 34.1 Å². The van der Waals surface area contributed by atoms with Crippen molar-refractivity contribution in [3.8, 4) is 0 Å². The molecule has 0 aliphatic rings. The van der Waals surface area contributed by atoms with Crippen molar-refractivity contribution in [3.63, 3.8) is 0 Å². The summed E-state index contributed by atoms with van der Waals surface area (Å²) in [5.41, 5.74) is -0.398. The molecule has 2 atom stereocenters. The Bertz CT molecular complexity index is 409. The predicted molar refractivity (Wildman–Crippen MR) is 75.6 cm³/mol. The van der Waals surface area contributed by atoms with Gasteiger partial charge in [0.05, 0.1) is 5.75 Å². The van der Waals surface area contributed by atoms with Crippen LogP contribution in [0.15, 0.2) is 0 Å². The summed E-state index contributed by atoms with van der Waals surface area (Å²) in [6.45, 7) is 6.76. The molecule has 0 spiro atoms. The van der Waals surface area contributed by atoms with Crippen molar-refractivity contribution in [2.75, 3.05) is 11.5 Å². The highest BCUT2D eigenvalue weighted by Crippen LogP contribution is 2.06. The third-order valence-corrected chi connectivity index (χ3v) is 3.97. The van der Waals surface area contributed by atoms with Gasteiger partial charge in [-0.3, -0.25) is 13.8 Å². The van der Waals surface area contributed by atoms with Crippen molar-refractivity contribution in [3.05, 3.63) is 0 Å². The zero-order chi connectivity index (χ0) is 15.9. The lowest BCUT2D eigenvalue weighted by atomic mass is 10.0. The predicted octanol–water partition coefficient (Wildman–Crippen LogP) is -0.371. The average molecular weight is 306 g/mol. The van der Waals surface area contributed by atoms with Gasteiger partial charge in [-0.25, -0.2) is 4.79 Å². The van der Waals surface area contributed by atoms with Gasteiger partial charge in [0.2, 0.25) is 11.8 Å². The monoisotopic (exact) mass is 306 g/mol.